The molecular weight excluding hydrogens is 242 g/mol. The van der Waals surface area contributed by atoms with E-state index in [-0.39, 0.29) is 11.4 Å². The van der Waals surface area contributed by atoms with Crippen molar-refractivity contribution in [3.63, 3.8) is 0 Å². The lowest BCUT2D eigenvalue weighted by Gasteiger charge is -2.05. The largest absolute Gasteiger partial charge is 0.399 e. The van der Waals surface area contributed by atoms with Crippen molar-refractivity contribution in [2.24, 2.45) is 0 Å². The minimum atomic E-state index is -3.55. The monoisotopic (exact) mass is 253 g/mol. The van der Waals surface area contributed by atoms with Gasteiger partial charge in [0.25, 0.3) is 0 Å². The Balaban J connectivity index is 2.11. The zero-order valence-electron chi connectivity index (χ0n) is 8.79. The molecule has 0 spiro atoms. The quantitative estimate of drug-likeness (QED) is 0.656. The third kappa shape index (κ3) is 2.80. The number of aromatic amines is 1. The van der Waals surface area contributed by atoms with Gasteiger partial charge in [-0.15, -0.1) is 0 Å². The van der Waals surface area contributed by atoms with E-state index in [2.05, 4.69) is 19.9 Å². The van der Waals surface area contributed by atoms with E-state index in [9.17, 15) is 8.42 Å². The van der Waals surface area contributed by atoms with Crippen molar-refractivity contribution in [3.05, 3.63) is 36.4 Å². The molecule has 0 unspecified atom stereocenters. The minimum absolute atomic E-state index is 0.0622. The molecule has 8 heteroatoms. The number of benzene rings is 1. The molecule has 1 aromatic carbocycles. The normalized spacial score (nSPS) is 11.5. The van der Waals surface area contributed by atoms with Crippen LogP contribution in [0.1, 0.15) is 5.82 Å². The number of nitrogen functional groups attached to an aromatic ring is 1. The number of hydrogen-bond donors (Lipinski definition) is 3. The van der Waals surface area contributed by atoms with E-state index in [4.69, 9.17) is 5.73 Å². The lowest BCUT2D eigenvalue weighted by Crippen LogP contribution is -2.23. The Morgan fingerprint density at radius 2 is 2.00 bits per heavy atom. The Morgan fingerprint density at radius 1 is 1.29 bits per heavy atom. The number of sulfonamides is 1. The van der Waals surface area contributed by atoms with Crippen LogP contribution in [0, 0.1) is 0 Å². The first-order valence-corrected chi connectivity index (χ1v) is 6.26. The number of nitrogens with one attached hydrogen (secondary N) is 2. The smallest absolute Gasteiger partial charge is 0.240 e. The number of rotatable bonds is 4. The molecule has 0 saturated heterocycles. The molecule has 7 nitrogen and oxygen atoms in total. The Morgan fingerprint density at radius 3 is 2.59 bits per heavy atom. The molecule has 0 amide bonds. The number of anilines is 1. The first-order chi connectivity index (χ1) is 8.08. The van der Waals surface area contributed by atoms with E-state index >= 15 is 0 Å². The summed E-state index contributed by atoms with van der Waals surface area (Å²) < 4.78 is 26.0. The zero-order chi connectivity index (χ0) is 12.3. The summed E-state index contributed by atoms with van der Waals surface area (Å²) >= 11 is 0. The zero-order valence-corrected chi connectivity index (χ0v) is 9.61. The predicted molar refractivity (Wildman–Crippen MR) is 61.3 cm³/mol. The van der Waals surface area contributed by atoms with Gasteiger partial charge in [0.2, 0.25) is 10.0 Å². The van der Waals surface area contributed by atoms with Crippen molar-refractivity contribution >= 4 is 15.7 Å². The fraction of sp³-hybridized carbons (Fsp3) is 0.111. The molecule has 1 aromatic heterocycles. The van der Waals surface area contributed by atoms with Gasteiger partial charge in [0.05, 0.1) is 11.4 Å². The molecule has 0 aliphatic carbocycles. The predicted octanol–water partition coefficient (Wildman–Crippen LogP) is -0.135. The molecule has 0 bridgehead atoms. The van der Waals surface area contributed by atoms with Gasteiger partial charge in [-0.3, -0.25) is 5.10 Å². The van der Waals surface area contributed by atoms with Crippen LogP contribution < -0.4 is 10.5 Å². The number of H-pyrrole nitrogens is 1. The summed E-state index contributed by atoms with van der Waals surface area (Å²) in [5.74, 6) is 0.448. The molecule has 0 aliphatic heterocycles. The number of hydrogen-bond acceptors (Lipinski definition) is 5. The summed E-state index contributed by atoms with van der Waals surface area (Å²) in [6, 6.07) is 5.95. The van der Waals surface area contributed by atoms with Gasteiger partial charge < -0.3 is 5.73 Å². The molecule has 0 radical (unpaired) electrons. The summed E-state index contributed by atoms with van der Waals surface area (Å²) in [5.41, 5.74) is 6.00. The van der Waals surface area contributed by atoms with Crippen LogP contribution in [0.5, 0.6) is 0 Å². The van der Waals surface area contributed by atoms with E-state index in [1.807, 2.05) is 0 Å². The van der Waals surface area contributed by atoms with Gasteiger partial charge in [0, 0.05) is 5.69 Å². The molecule has 0 saturated carbocycles. The first kappa shape index (κ1) is 11.6. The third-order valence-corrected chi connectivity index (χ3v) is 3.50. The summed E-state index contributed by atoms with van der Waals surface area (Å²) in [5, 5.41) is 6.18. The van der Waals surface area contributed by atoms with E-state index in [0.717, 1.165) is 0 Å². The van der Waals surface area contributed by atoms with Crippen LogP contribution in [-0.2, 0) is 16.6 Å². The van der Waals surface area contributed by atoms with Gasteiger partial charge in [0.15, 0.2) is 0 Å². The lowest BCUT2D eigenvalue weighted by molar-refractivity contribution is 0.579. The summed E-state index contributed by atoms with van der Waals surface area (Å²) in [4.78, 5) is 3.97. The molecule has 90 valence electrons. The fourth-order valence-electron chi connectivity index (χ4n) is 1.21. The maximum Gasteiger partial charge on any atom is 0.240 e. The van der Waals surface area contributed by atoms with Crippen LogP contribution in [0.15, 0.2) is 35.5 Å². The molecule has 17 heavy (non-hydrogen) atoms. The van der Waals surface area contributed by atoms with Crippen molar-refractivity contribution in [3.8, 4) is 0 Å². The van der Waals surface area contributed by atoms with Crippen LogP contribution in [0.25, 0.3) is 0 Å². The fourth-order valence-corrected chi connectivity index (χ4v) is 2.20. The Kier molecular flexibility index (Phi) is 3.07. The summed E-state index contributed by atoms with van der Waals surface area (Å²) in [6.45, 7) is 0.0622. The van der Waals surface area contributed by atoms with E-state index in [1.54, 1.807) is 0 Å². The van der Waals surface area contributed by atoms with Gasteiger partial charge >= 0.3 is 0 Å². The Hall–Kier alpha value is -1.93. The maximum atomic E-state index is 11.8. The second-order valence-corrected chi connectivity index (χ2v) is 5.09. The highest BCUT2D eigenvalue weighted by molar-refractivity contribution is 7.89. The third-order valence-electron chi connectivity index (χ3n) is 2.08. The minimum Gasteiger partial charge on any atom is -0.399 e. The van der Waals surface area contributed by atoms with E-state index in [1.165, 1.54) is 30.6 Å². The van der Waals surface area contributed by atoms with E-state index in [0.29, 0.717) is 11.5 Å². The van der Waals surface area contributed by atoms with Crippen molar-refractivity contribution < 1.29 is 8.42 Å². The number of aromatic nitrogens is 3. The highest BCUT2D eigenvalue weighted by Crippen LogP contribution is 2.11. The molecule has 0 atom stereocenters. The van der Waals surface area contributed by atoms with Crippen molar-refractivity contribution in [1.29, 1.82) is 0 Å². The highest BCUT2D eigenvalue weighted by atomic mass is 32.2. The SMILES string of the molecule is Nc1ccc(S(=O)(=O)NCc2ncn[nH]2)cc1. The summed E-state index contributed by atoms with van der Waals surface area (Å²) in [7, 11) is -3.55. The van der Waals surface area contributed by atoms with E-state index < -0.39 is 10.0 Å². The molecule has 1 heterocycles. The molecule has 0 aliphatic rings. The molecule has 2 aromatic rings. The Labute approximate surface area is 98.1 Å². The molecular formula is C9H11N5O2S. The van der Waals surface area contributed by atoms with Crippen molar-refractivity contribution in [2.75, 3.05) is 5.73 Å². The number of nitrogens with two attached hydrogens (primary N) is 1. The van der Waals surface area contributed by atoms with Crippen LogP contribution in [-0.4, -0.2) is 23.6 Å². The van der Waals surface area contributed by atoms with Crippen molar-refractivity contribution in [1.82, 2.24) is 19.9 Å². The molecule has 4 N–H and O–H groups in total. The first-order valence-electron chi connectivity index (χ1n) is 4.77. The van der Waals surface area contributed by atoms with Gasteiger partial charge in [-0.25, -0.2) is 18.1 Å². The van der Waals surface area contributed by atoms with Crippen LogP contribution in [0.2, 0.25) is 0 Å². The van der Waals surface area contributed by atoms with Gasteiger partial charge in [0.1, 0.15) is 12.2 Å². The summed E-state index contributed by atoms with van der Waals surface area (Å²) in [6.07, 6.45) is 1.31. The maximum absolute atomic E-state index is 11.8. The van der Waals surface area contributed by atoms with Crippen LogP contribution >= 0.6 is 0 Å². The highest BCUT2D eigenvalue weighted by Gasteiger charge is 2.13. The van der Waals surface area contributed by atoms with Crippen molar-refractivity contribution in [2.45, 2.75) is 11.4 Å². The average molecular weight is 253 g/mol. The molecule has 0 fully saturated rings. The average Bonchev–Trinajstić information content (AvgIpc) is 2.80. The second-order valence-electron chi connectivity index (χ2n) is 3.33. The topological polar surface area (TPSA) is 114 Å². The van der Waals surface area contributed by atoms with Crippen LogP contribution in [0.3, 0.4) is 0 Å². The molecule has 2 rings (SSSR count). The Bertz CT molecular complexity index is 576. The standard InChI is InChI=1S/C9H11N5O2S/c10-7-1-3-8(4-2-7)17(15,16)13-5-9-11-6-12-14-9/h1-4,6,13H,5,10H2,(H,11,12,14). The second kappa shape index (κ2) is 4.52. The lowest BCUT2D eigenvalue weighted by atomic mass is 10.3. The van der Waals surface area contributed by atoms with Crippen LogP contribution in [0.4, 0.5) is 5.69 Å². The van der Waals surface area contributed by atoms with Gasteiger partial charge in [-0.1, -0.05) is 0 Å². The number of nitrogens with zero attached hydrogens (tertiary/aromatic N) is 2. The van der Waals surface area contributed by atoms with Gasteiger partial charge in [-0.2, -0.15) is 5.10 Å². The van der Waals surface area contributed by atoms with Gasteiger partial charge in [-0.05, 0) is 24.3 Å².